The first-order valence-corrected chi connectivity index (χ1v) is 5.39. The van der Waals surface area contributed by atoms with Gasteiger partial charge in [0.25, 0.3) is 0 Å². The van der Waals surface area contributed by atoms with Gasteiger partial charge in [0.1, 0.15) is 0 Å². The molecule has 3 heteroatoms. The van der Waals surface area contributed by atoms with E-state index in [0.29, 0.717) is 0 Å². The predicted molar refractivity (Wildman–Crippen MR) is 61.9 cm³/mol. The Kier molecular flexibility index (Phi) is 2.50. The fourth-order valence-corrected chi connectivity index (χ4v) is 2.09. The number of aromatic amines is 1. The summed E-state index contributed by atoms with van der Waals surface area (Å²) in [5, 5.41) is 1.20. The van der Waals surface area contributed by atoms with E-state index in [1.165, 1.54) is 11.1 Å². The molecule has 1 aromatic heterocycles. The lowest BCUT2D eigenvalue weighted by molar-refractivity contribution is 0.416. The van der Waals surface area contributed by atoms with Crippen molar-refractivity contribution >= 4 is 26.8 Å². The van der Waals surface area contributed by atoms with Crippen LogP contribution in [0.3, 0.4) is 0 Å². The zero-order chi connectivity index (χ0) is 10.1. The quantitative estimate of drug-likeness (QED) is 0.871. The van der Waals surface area contributed by atoms with Gasteiger partial charge in [-0.1, -0.05) is 13.0 Å². The molecule has 0 aliphatic rings. The van der Waals surface area contributed by atoms with Crippen LogP contribution >= 0.6 is 15.9 Å². The van der Waals surface area contributed by atoms with E-state index in [4.69, 9.17) is 4.74 Å². The second-order valence-electron chi connectivity index (χ2n) is 3.19. The SMILES string of the molecule is CCc1cc2ccc(Br)c(OC)c2[nH]1. The van der Waals surface area contributed by atoms with Crippen LogP contribution in [-0.4, -0.2) is 12.1 Å². The first-order valence-electron chi connectivity index (χ1n) is 4.60. The predicted octanol–water partition coefficient (Wildman–Crippen LogP) is 3.50. The minimum absolute atomic E-state index is 0.877. The summed E-state index contributed by atoms with van der Waals surface area (Å²) in [4.78, 5) is 3.35. The summed E-state index contributed by atoms with van der Waals surface area (Å²) in [6.07, 6.45) is 1.01. The Morgan fingerprint density at radius 1 is 1.43 bits per heavy atom. The monoisotopic (exact) mass is 253 g/mol. The summed E-state index contributed by atoms with van der Waals surface area (Å²) < 4.78 is 6.32. The highest BCUT2D eigenvalue weighted by molar-refractivity contribution is 9.10. The zero-order valence-corrected chi connectivity index (χ0v) is 9.81. The number of benzene rings is 1. The maximum Gasteiger partial charge on any atom is 0.157 e. The molecular weight excluding hydrogens is 242 g/mol. The molecule has 0 bridgehead atoms. The Morgan fingerprint density at radius 2 is 2.21 bits per heavy atom. The molecule has 2 nitrogen and oxygen atoms in total. The van der Waals surface area contributed by atoms with Crippen LogP contribution in [-0.2, 0) is 6.42 Å². The molecule has 74 valence electrons. The van der Waals surface area contributed by atoms with E-state index in [9.17, 15) is 0 Å². The molecule has 1 aromatic carbocycles. The molecule has 0 unspecified atom stereocenters. The lowest BCUT2D eigenvalue weighted by Gasteiger charge is -2.03. The average molecular weight is 254 g/mol. The summed E-state index contributed by atoms with van der Waals surface area (Å²) in [6.45, 7) is 2.13. The van der Waals surface area contributed by atoms with E-state index < -0.39 is 0 Å². The number of fused-ring (bicyclic) bond motifs is 1. The molecular formula is C11H12BrNO. The highest BCUT2D eigenvalue weighted by atomic mass is 79.9. The number of methoxy groups -OCH3 is 1. The molecule has 0 saturated heterocycles. The highest BCUT2D eigenvalue weighted by Crippen LogP contribution is 2.33. The number of ether oxygens (including phenoxy) is 1. The van der Waals surface area contributed by atoms with Crippen LogP contribution in [0.15, 0.2) is 22.7 Å². The van der Waals surface area contributed by atoms with E-state index in [1.807, 2.05) is 6.07 Å². The molecule has 2 aromatic rings. The van der Waals surface area contributed by atoms with Gasteiger partial charge in [-0.15, -0.1) is 0 Å². The lowest BCUT2D eigenvalue weighted by Crippen LogP contribution is -1.86. The lowest BCUT2D eigenvalue weighted by atomic mass is 10.2. The molecule has 0 amide bonds. The molecule has 0 fully saturated rings. The minimum atomic E-state index is 0.877. The number of rotatable bonds is 2. The first kappa shape index (κ1) is 9.59. The van der Waals surface area contributed by atoms with E-state index in [2.05, 4.69) is 40.0 Å². The smallest absolute Gasteiger partial charge is 0.157 e. The molecule has 0 aliphatic carbocycles. The topological polar surface area (TPSA) is 25.0 Å². The number of aryl methyl sites for hydroxylation is 1. The van der Waals surface area contributed by atoms with Crippen molar-refractivity contribution in [2.45, 2.75) is 13.3 Å². The van der Waals surface area contributed by atoms with Crippen LogP contribution in [0.2, 0.25) is 0 Å². The highest BCUT2D eigenvalue weighted by Gasteiger charge is 2.08. The van der Waals surface area contributed by atoms with Crippen LogP contribution in [0.1, 0.15) is 12.6 Å². The summed E-state index contributed by atoms with van der Waals surface area (Å²) in [6, 6.07) is 6.25. The molecule has 14 heavy (non-hydrogen) atoms. The van der Waals surface area contributed by atoms with Gasteiger partial charge in [-0.25, -0.2) is 0 Å². The Labute approximate surface area is 91.4 Å². The van der Waals surface area contributed by atoms with Gasteiger partial charge >= 0.3 is 0 Å². The van der Waals surface area contributed by atoms with Crippen molar-refractivity contribution in [3.05, 3.63) is 28.4 Å². The molecule has 0 aliphatic heterocycles. The molecule has 2 rings (SSSR count). The van der Waals surface area contributed by atoms with E-state index in [1.54, 1.807) is 7.11 Å². The number of halogens is 1. The molecule has 0 atom stereocenters. The van der Waals surface area contributed by atoms with Gasteiger partial charge in [0.2, 0.25) is 0 Å². The minimum Gasteiger partial charge on any atom is -0.493 e. The van der Waals surface area contributed by atoms with Gasteiger partial charge in [0.05, 0.1) is 17.1 Å². The third-order valence-electron chi connectivity index (χ3n) is 2.34. The Balaban J connectivity index is 2.73. The fourth-order valence-electron chi connectivity index (χ4n) is 1.60. The molecule has 1 N–H and O–H groups in total. The molecule has 1 heterocycles. The van der Waals surface area contributed by atoms with Crippen molar-refractivity contribution in [1.29, 1.82) is 0 Å². The van der Waals surface area contributed by atoms with E-state index in [-0.39, 0.29) is 0 Å². The van der Waals surface area contributed by atoms with Crippen molar-refractivity contribution in [3.63, 3.8) is 0 Å². The summed E-state index contributed by atoms with van der Waals surface area (Å²) in [7, 11) is 1.69. The first-order chi connectivity index (χ1) is 6.76. The van der Waals surface area contributed by atoms with Crippen molar-refractivity contribution < 1.29 is 4.74 Å². The maximum atomic E-state index is 5.34. The van der Waals surface area contributed by atoms with Gasteiger partial charge < -0.3 is 9.72 Å². The van der Waals surface area contributed by atoms with Crippen LogP contribution in [0, 0.1) is 0 Å². The van der Waals surface area contributed by atoms with Crippen molar-refractivity contribution in [3.8, 4) is 5.75 Å². The molecule has 0 spiro atoms. The summed E-state index contributed by atoms with van der Waals surface area (Å²) in [5.74, 6) is 0.877. The number of H-pyrrole nitrogens is 1. The normalized spacial score (nSPS) is 10.8. The number of hydrogen-bond acceptors (Lipinski definition) is 1. The van der Waals surface area contributed by atoms with Crippen LogP contribution < -0.4 is 4.74 Å². The number of hydrogen-bond donors (Lipinski definition) is 1. The number of aromatic nitrogens is 1. The third kappa shape index (κ3) is 1.42. The van der Waals surface area contributed by atoms with Crippen molar-refractivity contribution in [2.24, 2.45) is 0 Å². The Morgan fingerprint density at radius 3 is 2.86 bits per heavy atom. The molecule has 0 saturated carbocycles. The van der Waals surface area contributed by atoms with Crippen LogP contribution in [0.4, 0.5) is 0 Å². The van der Waals surface area contributed by atoms with Gasteiger partial charge in [-0.3, -0.25) is 0 Å². The summed E-state index contributed by atoms with van der Waals surface area (Å²) in [5.41, 5.74) is 2.30. The maximum absolute atomic E-state index is 5.34. The summed E-state index contributed by atoms with van der Waals surface area (Å²) >= 11 is 3.46. The molecule has 0 radical (unpaired) electrons. The number of nitrogens with one attached hydrogen (secondary N) is 1. The van der Waals surface area contributed by atoms with Crippen molar-refractivity contribution in [1.82, 2.24) is 4.98 Å². The fraction of sp³-hybridized carbons (Fsp3) is 0.273. The Hall–Kier alpha value is -0.960. The third-order valence-corrected chi connectivity index (χ3v) is 2.97. The van der Waals surface area contributed by atoms with E-state index in [0.717, 1.165) is 22.2 Å². The van der Waals surface area contributed by atoms with Gasteiger partial charge in [-0.05, 0) is 34.5 Å². The second-order valence-corrected chi connectivity index (χ2v) is 4.05. The zero-order valence-electron chi connectivity index (χ0n) is 8.23. The van der Waals surface area contributed by atoms with Crippen LogP contribution in [0.25, 0.3) is 10.9 Å². The standard InChI is InChI=1S/C11H12BrNO/c1-3-8-6-7-4-5-9(12)11(14-2)10(7)13-8/h4-6,13H,3H2,1-2H3. The van der Waals surface area contributed by atoms with E-state index >= 15 is 0 Å². The van der Waals surface area contributed by atoms with Gasteiger partial charge in [0, 0.05) is 11.1 Å². The van der Waals surface area contributed by atoms with Crippen LogP contribution in [0.5, 0.6) is 5.75 Å². The largest absolute Gasteiger partial charge is 0.493 e. The Bertz CT molecular complexity index is 462. The second kappa shape index (κ2) is 3.65. The van der Waals surface area contributed by atoms with Crippen molar-refractivity contribution in [2.75, 3.05) is 7.11 Å². The van der Waals surface area contributed by atoms with Gasteiger partial charge in [0.15, 0.2) is 5.75 Å². The van der Waals surface area contributed by atoms with Gasteiger partial charge in [-0.2, -0.15) is 0 Å². The average Bonchev–Trinajstić information content (AvgIpc) is 2.60.